The number of pyridine rings is 1. The average molecular weight is 309 g/mol. The Bertz CT molecular complexity index is 754. The molecule has 3 heterocycles. The van der Waals surface area contributed by atoms with Crippen LogP contribution in [0.1, 0.15) is 6.42 Å². The minimum absolute atomic E-state index is 0.123. The molecule has 8 heteroatoms. The smallest absolute Gasteiger partial charge is 0.352 e. The van der Waals surface area contributed by atoms with Crippen LogP contribution in [0.25, 0.3) is 0 Å². The molecule has 0 aliphatic carbocycles. The number of carbonyl (C=O) groups excluding carboxylic acids is 1. The number of aromatic nitrogens is 1. The first kappa shape index (κ1) is 13.7. The topological polar surface area (TPSA) is 95.6 Å². The van der Waals surface area contributed by atoms with Gasteiger partial charge in [0.15, 0.2) is 28.8 Å². The van der Waals surface area contributed by atoms with Gasteiger partial charge in [-0.2, -0.15) is 0 Å². The molecule has 1 amide bonds. The minimum Gasteiger partial charge on any atom is -0.477 e. The summed E-state index contributed by atoms with van der Waals surface area (Å²) in [5.41, 5.74) is 0.0328. The number of sulfone groups is 1. The lowest BCUT2D eigenvalue weighted by atomic mass is 10.1. The lowest BCUT2D eigenvalue weighted by Crippen LogP contribution is -2.61. The molecule has 0 unspecified atom stereocenters. The van der Waals surface area contributed by atoms with E-state index in [9.17, 15) is 23.1 Å². The van der Waals surface area contributed by atoms with E-state index < -0.39 is 27.1 Å². The molecule has 1 saturated heterocycles. The lowest BCUT2D eigenvalue weighted by molar-refractivity contribution is -0.689. The molecule has 2 aliphatic rings. The number of hydrogen-bond acceptors (Lipinski definition) is 4. The van der Waals surface area contributed by atoms with Gasteiger partial charge >= 0.3 is 5.97 Å². The highest BCUT2D eigenvalue weighted by atomic mass is 32.2. The zero-order valence-electron chi connectivity index (χ0n) is 11.0. The number of aliphatic carboxylic acids is 1. The molecular weight excluding hydrogens is 296 g/mol. The van der Waals surface area contributed by atoms with Crippen LogP contribution in [0.3, 0.4) is 0 Å². The molecule has 0 radical (unpaired) electrons. The van der Waals surface area contributed by atoms with Gasteiger partial charge in [-0.05, 0) is 0 Å². The second-order valence-corrected chi connectivity index (χ2v) is 7.19. The second kappa shape index (κ2) is 4.66. The van der Waals surface area contributed by atoms with Gasteiger partial charge in [-0.15, -0.1) is 0 Å². The lowest BCUT2D eigenvalue weighted by Gasteiger charge is -2.43. The first-order valence-corrected chi connectivity index (χ1v) is 8.05. The van der Waals surface area contributed by atoms with Gasteiger partial charge in [-0.3, -0.25) is 9.69 Å². The standard InChI is InChI=1S/C13H12N2O5S/c16-10-6-11-15(10)12(13(17)18)9(8-21(11,19)20)7-14-4-2-1-3-5-14/h1-5,11H,6-8H2/p+1/t11-/m1/s1. The van der Waals surface area contributed by atoms with Crippen LogP contribution in [0.5, 0.6) is 0 Å². The van der Waals surface area contributed by atoms with Crippen molar-refractivity contribution in [3.05, 3.63) is 41.9 Å². The van der Waals surface area contributed by atoms with Gasteiger partial charge in [0.1, 0.15) is 11.1 Å². The predicted octanol–water partition coefficient (Wildman–Crippen LogP) is -0.700. The number of carbonyl (C=O) groups is 2. The molecule has 1 aromatic heterocycles. The second-order valence-electron chi connectivity index (χ2n) is 5.03. The van der Waals surface area contributed by atoms with Crippen LogP contribution in [0.4, 0.5) is 0 Å². The Morgan fingerprint density at radius 3 is 2.57 bits per heavy atom. The van der Waals surface area contributed by atoms with Gasteiger partial charge < -0.3 is 5.11 Å². The number of carboxylic acid groups (broad SMARTS) is 1. The van der Waals surface area contributed by atoms with Crippen molar-refractivity contribution in [2.75, 3.05) is 5.75 Å². The highest BCUT2D eigenvalue weighted by molar-refractivity contribution is 7.92. The number of carboxylic acids is 1. The normalized spacial score (nSPS) is 23.5. The number of rotatable bonds is 3. The molecule has 0 bridgehead atoms. The fourth-order valence-corrected chi connectivity index (χ4v) is 4.50. The van der Waals surface area contributed by atoms with Crippen LogP contribution < -0.4 is 4.57 Å². The van der Waals surface area contributed by atoms with E-state index in [0.29, 0.717) is 0 Å². The van der Waals surface area contributed by atoms with Crippen molar-refractivity contribution >= 4 is 21.7 Å². The summed E-state index contributed by atoms with van der Waals surface area (Å²) in [6, 6.07) is 5.32. The Hall–Kier alpha value is -2.22. The molecule has 1 N–H and O–H groups in total. The summed E-state index contributed by atoms with van der Waals surface area (Å²) in [4.78, 5) is 24.0. The van der Waals surface area contributed by atoms with Gasteiger partial charge in [0.25, 0.3) is 0 Å². The average Bonchev–Trinajstić information content (AvgIpc) is 2.40. The molecule has 7 nitrogen and oxygen atoms in total. The molecule has 21 heavy (non-hydrogen) atoms. The van der Waals surface area contributed by atoms with E-state index in [-0.39, 0.29) is 30.0 Å². The Morgan fingerprint density at radius 1 is 1.33 bits per heavy atom. The summed E-state index contributed by atoms with van der Waals surface area (Å²) < 4.78 is 25.9. The summed E-state index contributed by atoms with van der Waals surface area (Å²) in [5, 5.41) is 8.33. The van der Waals surface area contributed by atoms with Crippen LogP contribution >= 0.6 is 0 Å². The maximum Gasteiger partial charge on any atom is 0.352 e. The summed E-state index contributed by atoms with van der Waals surface area (Å²) in [5.74, 6) is -2.06. The van der Waals surface area contributed by atoms with E-state index >= 15 is 0 Å². The van der Waals surface area contributed by atoms with Crippen molar-refractivity contribution in [3.63, 3.8) is 0 Å². The van der Waals surface area contributed by atoms with Crippen LogP contribution in [0.2, 0.25) is 0 Å². The molecule has 0 saturated carbocycles. The number of fused-ring (bicyclic) bond motifs is 1. The fraction of sp³-hybridized carbons (Fsp3) is 0.308. The van der Waals surface area contributed by atoms with Gasteiger partial charge in [0, 0.05) is 17.7 Å². The van der Waals surface area contributed by atoms with E-state index in [1.807, 2.05) is 0 Å². The Labute approximate surface area is 121 Å². The largest absolute Gasteiger partial charge is 0.477 e. The number of hydrogen-bond donors (Lipinski definition) is 1. The van der Waals surface area contributed by atoms with E-state index in [2.05, 4.69) is 0 Å². The van der Waals surface area contributed by atoms with Gasteiger partial charge in [-0.25, -0.2) is 17.8 Å². The SMILES string of the molecule is O=C(O)C1=C(C[n+]2ccccc2)CS(=O)(=O)[C@@H]2CC(=O)N12. The van der Waals surface area contributed by atoms with Gasteiger partial charge in [-0.1, -0.05) is 6.07 Å². The first-order chi connectivity index (χ1) is 9.90. The Balaban J connectivity index is 2.07. The van der Waals surface area contributed by atoms with E-state index in [1.54, 1.807) is 35.2 Å². The third-order valence-electron chi connectivity index (χ3n) is 3.62. The number of nitrogens with zero attached hydrogens (tertiary/aromatic N) is 2. The molecule has 3 rings (SSSR count). The van der Waals surface area contributed by atoms with Crippen molar-refractivity contribution in [1.82, 2.24) is 4.90 Å². The maximum absolute atomic E-state index is 12.1. The summed E-state index contributed by atoms with van der Waals surface area (Å²) >= 11 is 0. The maximum atomic E-state index is 12.1. The van der Waals surface area contributed by atoms with Crippen molar-refractivity contribution in [2.45, 2.75) is 18.3 Å². The zero-order chi connectivity index (χ0) is 15.2. The molecule has 0 aromatic carbocycles. The quantitative estimate of drug-likeness (QED) is 0.588. The summed E-state index contributed by atoms with van der Waals surface area (Å²) in [6.07, 6.45) is 3.29. The first-order valence-electron chi connectivity index (χ1n) is 6.33. The molecule has 1 atom stereocenters. The monoisotopic (exact) mass is 309 g/mol. The third-order valence-corrected chi connectivity index (χ3v) is 5.58. The summed E-state index contributed by atoms with van der Waals surface area (Å²) in [6.45, 7) is 0.123. The Morgan fingerprint density at radius 2 is 2.00 bits per heavy atom. The van der Waals surface area contributed by atoms with Crippen LogP contribution in [0.15, 0.2) is 41.9 Å². The van der Waals surface area contributed by atoms with Gasteiger partial charge in [0.05, 0.1) is 12.2 Å². The molecule has 2 aliphatic heterocycles. The fourth-order valence-electron chi connectivity index (χ4n) is 2.66. The third kappa shape index (κ3) is 2.21. The predicted molar refractivity (Wildman–Crippen MR) is 70.3 cm³/mol. The molecule has 1 aromatic rings. The minimum atomic E-state index is -3.52. The van der Waals surface area contributed by atoms with E-state index in [0.717, 1.165) is 4.90 Å². The number of β-lactam (4-membered cyclic amide) rings is 1. The highest BCUT2D eigenvalue weighted by Gasteiger charge is 2.53. The van der Waals surface area contributed by atoms with E-state index in [1.165, 1.54) is 0 Å². The van der Waals surface area contributed by atoms with Crippen LogP contribution in [-0.4, -0.2) is 41.4 Å². The molecular formula is C13H13N2O5S+. The number of amides is 1. The van der Waals surface area contributed by atoms with Crippen LogP contribution in [-0.2, 0) is 26.0 Å². The van der Waals surface area contributed by atoms with Crippen molar-refractivity contribution in [2.24, 2.45) is 0 Å². The highest BCUT2D eigenvalue weighted by Crippen LogP contribution is 2.36. The molecule has 1 fully saturated rings. The van der Waals surface area contributed by atoms with Crippen molar-refractivity contribution in [1.29, 1.82) is 0 Å². The van der Waals surface area contributed by atoms with Crippen molar-refractivity contribution < 1.29 is 27.7 Å². The summed E-state index contributed by atoms with van der Waals surface area (Å²) in [7, 11) is -3.52. The zero-order valence-corrected chi connectivity index (χ0v) is 11.8. The Kier molecular flexibility index (Phi) is 3.05. The van der Waals surface area contributed by atoms with E-state index in [4.69, 9.17) is 0 Å². The molecule has 0 spiro atoms. The molecule has 110 valence electrons. The van der Waals surface area contributed by atoms with Crippen LogP contribution in [0, 0.1) is 0 Å². The van der Waals surface area contributed by atoms with Crippen molar-refractivity contribution in [3.8, 4) is 0 Å². The van der Waals surface area contributed by atoms with Gasteiger partial charge in [0.2, 0.25) is 5.91 Å².